The molecule has 9 nitrogen and oxygen atoms in total. The highest BCUT2D eigenvalue weighted by atomic mass is 16.3. The van der Waals surface area contributed by atoms with Gasteiger partial charge in [0.15, 0.2) is 34.7 Å². The summed E-state index contributed by atoms with van der Waals surface area (Å²) < 4.78 is 0. The summed E-state index contributed by atoms with van der Waals surface area (Å²) in [6.07, 6.45) is 0.275. The maximum absolute atomic E-state index is 13.7. The van der Waals surface area contributed by atoms with Crippen LogP contribution in [0.1, 0.15) is 60.5 Å². The van der Waals surface area contributed by atoms with Gasteiger partial charge in [0.1, 0.15) is 11.5 Å². The first-order chi connectivity index (χ1) is 18.4. The molecule has 202 valence electrons. The minimum Gasteiger partial charge on any atom is -0.507 e. The normalized spacial score (nSPS) is 28.8. The van der Waals surface area contributed by atoms with E-state index in [4.69, 9.17) is 5.73 Å². The third kappa shape index (κ3) is 3.86. The summed E-state index contributed by atoms with van der Waals surface area (Å²) in [5.41, 5.74) is 5.32. The molecule has 6 atom stereocenters. The highest BCUT2D eigenvalue weighted by Crippen LogP contribution is 2.51. The van der Waals surface area contributed by atoms with Gasteiger partial charge in [-0.3, -0.25) is 28.8 Å². The fourth-order valence-electron chi connectivity index (χ4n) is 6.68. The number of carbonyl (C=O) groups excluding carboxylic acids is 6. The van der Waals surface area contributed by atoms with E-state index in [-0.39, 0.29) is 42.3 Å². The van der Waals surface area contributed by atoms with Crippen molar-refractivity contribution in [3.05, 3.63) is 53.1 Å². The number of nitrogens with two attached hydrogens (primary N) is 1. The molecule has 4 N–H and O–H groups in total. The van der Waals surface area contributed by atoms with Crippen LogP contribution in [-0.2, 0) is 30.4 Å². The van der Waals surface area contributed by atoms with Crippen LogP contribution in [0.15, 0.2) is 36.4 Å². The quantitative estimate of drug-likeness (QED) is 0.493. The molecule has 3 unspecified atom stereocenters. The minimum absolute atomic E-state index is 0.0335. The maximum atomic E-state index is 13.7. The van der Waals surface area contributed by atoms with E-state index in [0.717, 1.165) is 11.1 Å². The lowest BCUT2D eigenvalue weighted by Gasteiger charge is -2.48. The van der Waals surface area contributed by atoms with Crippen LogP contribution in [0, 0.1) is 23.7 Å². The van der Waals surface area contributed by atoms with Crippen molar-refractivity contribution in [1.29, 1.82) is 0 Å². The minimum atomic E-state index is -2.67. The van der Waals surface area contributed by atoms with Crippen molar-refractivity contribution < 1.29 is 39.0 Å². The largest absolute Gasteiger partial charge is 0.507 e. The van der Waals surface area contributed by atoms with Crippen LogP contribution in [-0.4, -0.2) is 50.6 Å². The van der Waals surface area contributed by atoms with Crippen LogP contribution in [0.25, 0.3) is 11.1 Å². The fraction of sp³-hybridized carbons (Fsp3) is 0.400. The molecule has 39 heavy (non-hydrogen) atoms. The summed E-state index contributed by atoms with van der Waals surface area (Å²) in [5.74, 6) is -10.5. The molecule has 2 fully saturated rings. The van der Waals surface area contributed by atoms with E-state index in [1.54, 1.807) is 6.07 Å². The number of aliphatic hydroxyl groups is 1. The second-order valence-electron chi connectivity index (χ2n) is 10.9. The van der Waals surface area contributed by atoms with Crippen molar-refractivity contribution in [2.24, 2.45) is 29.4 Å². The second kappa shape index (κ2) is 9.34. The van der Waals surface area contributed by atoms with E-state index >= 15 is 0 Å². The van der Waals surface area contributed by atoms with Crippen molar-refractivity contribution in [1.82, 2.24) is 0 Å². The Morgan fingerprint density at radius 2 is 1.69 bits per heavy atom. The number of benzene rings is 2. The number of phenolic OH excluding ortho intramolecular Hbond substituents is 1. The number of aromatic hydroxyl groups is 1. The number of phenols is 1. The number of fused-ring (bicyclic) bond motifs is 3. The van der Waals surface area contributed by atoms with Crippen molar-refractivity contribution >= 4 is 34.8 Å². The third-order valence-electron chi connectivity index (χ3n) is 8.84. The Balaban J connectivity index is 1.55. The van der Waals surface area contributed by atoms with Gasteiger partial charge in [0, 0.05) is 24.7 Å². The molecule has 3 aliphatic rings. The van der Waals surface area contributed by atoms with Gasteiger partial charge < -0.3 is 15.9 Å². The monoisotopic (exact) mass is 531 g/mol. The molecule has 0 aliphatic heterocycles. The lowest BCUT2D eigenvalue weighted by Crippen LogP contribution is -2.68. The Kier molecular flexibility index (Phi) is 6.37. The number of primary amides is 1. The second-order valence-corrected chi connectivity index (χ2v) is 10.9. The molecule has 9 heteroatoms. The lowest BCUT2D eigenvalue weighted by molar-refractivity contribution is -0.175. The summed E-state index contributed by atoms with van der Waals surface area (Å²) in [6.45, 7) is 3.65. The van der Waals surface area contributed by atoms with Crippen molar-refractivity contribution in [2.75, 3.05) is 0 Å². The number of Topliss-reactive ketones (excluding diaryl/α,β-unsaturated/α-hetero) is 5. The van der Waals surface area contributed by atoms with Crippen molar-refractivity contribution in [3.63, 3.8) is 0 Å². The van der Waals surface area contributed by atoms with Gasteiger partial charge in [-0.1, -0.05) is 44.2 Å². The van der Waals surface area contributed by atoms with E-state index < -0.39 is 58.3 Å². The van der Waals surface area contributed by atoms with Crippen LogP contribution in [0.5, 0.6) is 5.75 Å². The highest BCUT2D eigenvalue weighted by molar-refractivity contribution is 6.31. The first kappa shape index (κ1) is 26.6. The van der Waals surface area contributed by atoms with E-state index in [2.05, 4.69) is 0 Å². The molecule has 0 aromatic heterocycles. The van der Waals surface area contributed by atoms with Crippen LogP contribution < -0.4 is 5.73 Å². The molecule has 1 amide bonds. The number of hydrogen-bond donors (Lipinski definition) is 3. The Bertz CT molecular complexity index is 1460. The molecule has 3 aliphatic carbocycles. The van der Waals surface area contributed by atoms with Gasteiger partial charge in [-0.25, -0.2) is 0 Å². The average molecular weight is 532 g/mol. The summed E-state index contributed by atoms with van der Waals surface area (Å²) in [5, 5.41) is 22.0. The Hall–Kier alpha value is -3.98. The van der Waals surface area contributed by atoms with Crippen LogP contribution >= 0.6 is 0 Å². The number of rotatable bonds is 5. The molecule has 0 spiro atoms. The van der Waals surface area contributed by atoms with Gasteiger partial charge in [-0.15, -0.1) is 0 Å². The predicted octanol–water partition coefficient (Wildman–Crippen LogP) is 2.08. The summed E-state index contributed by atoms with van der Waals surface area (Å²) in [7, 11) is 0. The summed E-state index contributed by atoms with van der Waals surface area (Å²) >= 11 is 0. The van der Waals surface area contributed by atoms with Crippen LogP contribution in [0.3, 0.4) is 0 Å². The highest BCUT2D eigenvalue weighted by Gasteiger charge is 2.66. The number of ketones is 5. The summed E-state index contributed by atoms with van der Waals surface area (Å²) in [4.78, 5) is 76.8. The first-order valence-electron chi connectivity index (χ1n) is 13.1. The molecule has 0 bridgehead atoms. The Morgan fingerprint density at radius 1 is 1.03 bits per heavy atom. The molecule has 5 rings (SSSR count). The zero-order valence-corrected chi connectivity index (χ0v) is 21.6. The number of carbonyl (C=O) groups is 6. The van der Waals surface area contributed by atoms with Crippen LogP contribution in [0.2, 0.25) is 0 Å². The molecule has 0 heterocycles. The van der Waals surface area contributed by atoms with E-state index in [1.165, 1.54) is 6.07 Å². The molecule has 2 aromatic carbocycles. The first-order valence-corrected chi connectivity index (χ1v) is 13.1. The molecular formula is C30H29NO8. The van der Waals surface area contributed by atoms with Gasteiger partial charge in [-0.05, 0) is 47.1 Å². The van der Waals surface area contributed by atoms with E-state index in [1.807, 2.05) is 38.1 Å². The third-order valence-corrected chi connectivity index (χ3v) is 8.84. The SMILES string of the molecule is CCC(=O)C(C)c1ccc(-c2ccc(O)c3c2C[C@H]2C[C@H]4CC(=O)C(C(N)=O)C(=O)[C@@]4(O)C(=O)C2C3=O)cc1. The summed E-state index contributed by atoms with van der Waals surface area (Å²) in [6, 6.07) is 10.4. The van der Waals surface area contributed by atoms with Crippen molar-refractivity contribution in [3.8, 4) is 16.9 Å². The standard InChI is InChI=1S/C30H29NO8/c1-3-20(32)13(2)14-4-6-15(7-5-14)18-8-9-21(33)24-19(18)11-16-10-17-12-22(34)25(29(31)38)28(37)30(17,39)27(36)23(16)26(24)35/h4-9,13,16-17,23,25,33,39H,3,10-12H2,1-2H3,(H2,31,38)/t13?,16-,17+,23?,25?,30+/m1/s1. The van der Waals surface area contributed by atoms with Gasteiger partial charge in [0.05, 0.1) is 11.5 Å². The Labute approximate surface area is 224 Å². The van der Waals surface area contributed by atoms with Gasteiger partial charge >= 0.3 is 0 Å². The molecule has 0 radical (unpaired) electrons. The molecule has 0 saturated heterocycles. The van der Waals surface area contributed by atoms with Crippen molar-refractivity contribution in [2.45, 2.75) is 51.0 Å². The van der Waals surface area contributed by atoms with Gasteiger partial charge in [-0.2, -0.15) is 0 Å². The van der Waals surface area contributed by atoms with Gasteiger partial charge in [0.2, 0.25) is 5.91 Å². The smallest absolute Gasteiger partial charge is 0.235 e. The zero-order valence-electron chi connectivity index (χ0n) is 21.6. The molecule has 2 aromatic rings. The van der Waals surface area contributed by atoms with Crippen LogP contribution in [0.4, 0.5) is 0 Å². The molecule has 2 saturated carbocycles. The topological polar surface area (TPSA) is 169 Å². The van der Waals surface area contributed by atoms with E-state index in [9.17, 15) is 39.0 Å². The van der Waals surface area contributed by atoms with E-state index in [0.29, 0.717) is 17.5 Å². The number of hydrogen-bond acceptors (Lipinski definition) is 8. The average Bonchev–Trinajstić information content (AvgIpc) is 2.90. The van der Waals surface area contributed by atoms with Gasteiger partial charge in [0.25, 0.3) is 0 Å². The lowest BCUT2D eigenvalue weighted by atomic mass is 9.53. The Morgan fingerprint density at radius 3 is 2.31 bits per heavy atom. The number of amides is 1. The fourth-order valence-corrected chi connectivity index (χ4v) is 6.68. The maximum Gasteiger partial charge on any atom is 0.235 e. The zero-order chi connectivity index (χ0) is 28.4. The molecular weight excluding hydrogens is 502 g/mol. The predicted molar refractivity (Wildman–Crippen MR) is 138 cm³/mol.